The normalized spacial score (nSPS) is 23.4. The average Bonchev–Trinajstić information content (AvgIpc) is 3.25. The van der Waals surface area contributed by atoms with Crippen LogP contribution in [0.2, 0.25) is 0 Å². The lowest BCUT2D eigenvalue weighted by Crippen LogP contribution is -2.31. The monoisotopic (exact) mass is 363 g/mol. The molecule has 0 bridgehead atoms. The van der Waals surface area contributed by atoms with Crippen molar-refractivity contribution < 1.29 is 9.59 Å². The molecule has 2 atom stereocenters. The van der Waals surface area contributed by atoms with E-state index < -0.39 is 0 Å². The Bertz CT molecular complexity index is 753. The summed E-state index contributed by atoms with van der Waals surface area (Å²) in [6.07, 6.45) is 6.62. The van der Waals surface area contributed by atoms with Gasteiger partial charge in [-0.2, -0.15) is 0 Å². The fourth-order valence-corrected chi connectivity index (χ4v) is 4.15. The molecule has 1 aromatic heterocycles. The van der Waals surface area contributed by atoms with E-state index in [4.69, 9.17) is 0 Å². The third-order valence-corrected chi connectivity index (χ3v) is 5.93. The predicted octanol–water partition coefficient (Wildman–Crippen LogP) is 2.57. The van der Waals surface area contributed by atoms with Crippen molar-refractivity contribution in [3.05, 3.63) is 66.0 Å². The number of likely N-dealkylation sites (tertiary alicyclic amines) is 1. The molecule has 1 saturated carbocycles. The minimum absolute atomic E-state index is 0.0186. The van der Waals surface area contributed by atoms with Crippen LogP contribution in [0.25, 0.3) is 0 Å². The molecule has 4 rings (SSSR count). The number of hydrogen-bond acceptors (Lipinski definition) is 3. The second-order valence-electron chi connectivity index (χ2n) is 7.74. The van der Waals surface area contributed by atoms with E-state index in [1.54, 1.807) is 12.4 Å². The standard InChI is InChI=1S/C22H25N3O2/c26-20(7-6-17-4-2-1-3-5-17)25-13-10-22(16-25)14-19(22)21(27)24-15-18-8-11-23-12-9-18/h1-5,8-9,11-12,19H,6-7,10,13-16H2,(H,24,27)/t19-,22+/m1/s1. The third kappa shape index (κ3) is 4.02. The van der Waals surface area contributed by atoms with E-state index in [1.807, 2.05) is 35.2 Å². The number of benzene rings is 1. The highest BCUT2D eigenvalue weighted by Gasteiger charge is 2.61. The van der Waals surface area contributed by atoms with E-state index in [-0.39, 0.29) is 23.1 Å². The van der Waals surface area contributed by atoms with Crippen molar-refractivity contribution in [2.24, 2.45) is 11.3 Å². The summed E-state index contributed by atoms with van der Waals surface area (Å²) in [6, 6.07) is 13.9. The van der Waals surface area contributed by atoms with E-state index in [0.717, 1.165) is 37.9 Å². The van der Waals surface area contributed by atoms with Crippen LogP contribution in [0, 0.1) is 11.3 Å². The van der Waals surface area contributed by atoms with Gasteiger partial charge >= 0.3 is 0 Å². The number of carbonyl (C=O) groups is 2. The summed E-state index contributed by atoms with van der Waals surface area (Å²) < 4.78 is 0. The van der Waals surface area contributed by atoms with Crippen LogP contribution in [0.5, 0.6) is 0 Å². The predicted molar refractivity (Wildman–Crippen MR) is 103 cm³/mol. The molecule has 2 aliphatic rings. The highest BCUT2D eigenvalue weighted by atomic mass is 16.2. The van der Waals surface area contributed by atoms with Gasteiger partial charge in [0, 0.05) is 49.8 Å². The molecule has 27 heavy (non-hydrogen) atoms. The van der Waals surface area contributed by atoms with Gasteiger partial charge in [0.15, 0.2) is 0 Å². The Hall–Kier alpha value is -2.69. The summed E-state index contributed by atoms with van der Waals surface area (Å²) in [5, 5.41) is 3.03. The maximum Gasteiger partial charge on any atom is 0.224 e. The van der Waals surface area contributed by atoms with Gasteiger partial charge in [0.25, 0.3) is 0 Å². The molecule has 2 amide bonds. The highest BCUT2D eigenvalue weighted by molar-refractivity contribution is 5.83. The molecular formula is C22H25N3O2. The number of aromatic nitrogens is 1. The summed E-state index contributed by atoms with van der Waals surface area (Å²) in [5.41, 5.74) is 2.27. The van der Waals surface area contributed by atoms with Gasteiger partial charge in [0.05, 0.1) is 0 Å². The first-order valence-corrected chi connectivity index (χ1v) is 9.65. The van der Waals surface area contributed by atoms with Gasteiger partial charge in [-0.3, -0.25) is 14.6 Å². The van der Waals surface area contributed by atoms with E-state index in [9.17, 15) is 9.59 Å². The molecule has 2 heterocycles. The molecule has 0 unspecified atom stereocenters. The number of amides is 2. The number of hydrogen-bond donors (Lipinski definition) is 1. The Morgan fingerprint density at radius 1 is 1.11 bits per heavy atom. The smallest absolute Gasteiger partial charge is 0.224 e. The molecule has 1 aromatic carbocycles. The fourth-order valence-electron chi connectivity index (χ4n) is 4.15. The number of pyridine rings is 1. The summed E-state index contributed by atoms with van der Waals surface area (Å²) in [6.45, 7) is 2.05. The Kier molecular flexibility index (Phi) is 4.92. The minimum atomic E-state index is 0.0186. The van der Waals surface area contributed by atoms with Crippen molar-refractivity contribution >= 4 is 11.8 Å². The lowest BCUT2D eigenvalue weighted by atomic mass is 10.0. The number of nitrogens with one attached hydrogen (secondary N) is 1. The topological polar surface area (TPSA) is 62.3 Å². The van der Waals surface area contributed by atoms with Crippen LogP contribution in [0.4, 0.5) is 0 Å². The molecule has 1 aliphatic heterocycles. The van der Waals surface area contributed by atoms with Gasteiger partial charge in [-0.1, -0.05) is 30.3 Å². The second kappa shape index (κ2) is 7.51. The molecule has 5 nitrogen and oxygen atoms in total. The number of carbonyl (C=O) groups excluding carboxylic acids is 2. The van der Waals surface area contributed by atoms with Crippen molar-refractivity contribution in [3.8, 4) is 0 Å². The van der Waals surface area contributed by atoms with Crippen LogP contribution in [0.1, 0.15) is 30.4 Å². The third-order valence-electron chi connectivity index (χ3n) is 5.93. The molecule has 1 aliphatic carbocycles. The lowest BCUT2D eigenvalue weighted by Gasteiger charge is -2.17. The largest absolute Gasteiger partial charge is 0.352 e. The molecular weight excluding hydrogens is 338 g/mol. The first-order chi connectivity index (χ1) is 13.2. The van der Waals surface area contributed by atoms with Crippen LogP contribution in [-0.2, 0) is 22.6 Å². The SMILES string of the molecule is O=C(NCc1ccncc1)[C@H]1C[C@]12CCN(C(=O)CCc1ccccc1)C2. The van der Waals surface area contributed by atoms with Crippen LogP contribution in [0.3, 0.4) is 0 Å². The summed E-state index contributed by atoms with van der Waals surface area (Å²) in [4.78, 5) is 31.0. The summed E-state index contributed by atoms with van der Waals surface area (Å²) in [5.74, 6) is 0.371. The zero-order valence-corrected chi connectivity index (χ0v) is 15.4. The maximum absolute atomic E-state index is 12.5. The van der Waals surface area contributed by atoms with Gasteiger partial charge in [-0.25, -0.2) is 0 Å². The number of aryl methyl sites for hydroxylation is 1. The maximum atomic E-state index is 12.5. The molecule has 0 radical (unpaired) electrons. The van der Waals surface area contributed by atoms with Gasteiger partial charge in [0.2, 0.25) is 11.8 Å². The summed E-state index contributed by atoms with van der Waals surface area (Å²) in [7, 11) is 0. The molecule has 1 saturated heterocycles. The minimum Gasteiger partial charge on any atom is -0.352 e. The average molecular weight is 363 g/mol. The Morgan fingerprint density at radius 3 is 2.67 bits per heavy atom. The van der Waals surface area contributed by atoms with Crippen molar-refractivity contribution in [1.29, 1.82) is 0 Å². The fraction of sp³-hybridized carbons (Fsp3) is 0.409. The van der Waals surface area contributed by atoms with Crippen molar-refractivity contribution in [1.82, 2.24) is 15.2 Å². The lowest BCUT2D eigenvalue weighted by molar-refractivity contribution is -0.130. The molecule has 1 N–H and O–H groups in total. The highest BCUT2D eigenvalue weighted by Crippen LogP contribution is 2.58. The van der Waals surface area contributed by atoms with Gasteiger partial charge in [-0.15, -0.1) is 0 Å². The first-order valence-electron chi connectivity index (χ1n) is 9.65. The van der Waals surface area contributed by atoms with Gasteiger partial charge < -0.3 is 10.2 Å². The van der Waals surface area contributed by atoms with E-state index in [1.165, 1.54) is 5.56 Å². The van der Waals surface area contributed by atoms with Crippen molar-refractivity contribution in [2.45, 2.75) is 32.2 Å². The Balaban J connectivity index is 1.24. The zero-order chi connectivity index (χ0) is 18.7. The molecule has 5 heteroatoms. The van der Waals surface area contributed by atoms with E-state index in [2.05, 4.69) is 22.4 Å². The number of rotatable bonds is 6. The van der Waals surface area contributed by atoms with Crippen LogP contribution >= 0.6 is 0 Å². The second-order valence-corrected chi connectivity index (χ2v) is 7.74. The van der Waals surface area contributed by atoms with Crippen LogP contribution in [-0.4, -0.2) is 34.8 Å². The molecule has 2 fully saturated rings. The first kappa shape index (κ1) is 17.7. The van der Waals surface area contributed by atoms with Crippen LogP contribution < -0.4 is 5.32 Å². The van der Waals surface area contributed by atoms with Gasteiger partial charge in [-0.05, 0) is 42.5 Å². The van der Waals surface area contributed by atoms with Crippen LogP contribution in [0.15, 0.2) is 54.9 Å². The Labute approximate surface area is 159 Å². The van der Waals surface area contributed by atoms with Crippen molar-refractivity contribution in [3.63, 3.8) is 0 Å². The zero-order valence-electron chi connectivity index (χ0n) is 15.4. The van der Waals surface area contributed by atoms with E-state index in [0.29, 0.717) is 13.0 Å². The van der Waals surface area contributed by atoms with E-state index >= 15 is 0 Å². The molecule has 2 aromatic rings. The summed E-state index contributed by atoms with van der Waals surface area (Å²) >= 11 is 0. The van der Waals surface area contributed by atoms with Gasteiger partial charge in [0.1, 0.15) is 0 Å². The van der Waals surface area contributed by atoms with Crippen molar-refractivity contribution in [2.75, 3.05) is 13.1 Å². The number of nitrogens with zero attached hydrogens (tertiary/aromatic N) is 2. The Morgan fingerprint density at radius 2 is 1.89 bits per heavy atom. The molecule has 140 valence electrons. The molecule has 1 spiro atoms. The quantitative estimate of drug-likeness (QED) is 0.858.